The standard InChI is InChI=1S/C14H17N3O/c15-10-1-2-12-13(3-6-16-14(12)9-10)17-11-4-7-18-8-5-11/h1-3,6,9,11H,4-5,7-8,15H2,(H,16,17). The summed E-state index contributed by atoms with van der Waals surface area (Å²) in [5, 5.41) is 4.71. The Balaban J connectivity index is 1.91. The molecule has 3 N–H and O–H groups in total. The number of aromatic nitrogens is 1. The van der Waals surface area contributed by atoms with Crippen molar-refractivity contribution in [3.63, 3.8) is 0 Å². The van der Waals surface area contributed by atoms with E-state index in [2.05, 4.69) is 10.3 Å². The fraction of sp³-hybridized carbons (Fsp3) is 0.357. The Hall–Kier alpha value is -1.81. The topological polar surface area (TPSA) is 60.2 Å². The molecule has 0 bridgehead atoms. The van der Waals surface area contributed by atoms with Crippen molar-refractivity contribution in [2.75, 3.05) is 24.3 Å². The van der Waals surface area contributed by atoms with Gasteiger partial charge >= 0.3 is 0 Å². The van der Waals surface area contributed by atoms with Crippen LogP contribution < -0.4 is 11.1 Å². The Morgan fingerprint density at radius 2 is 2.06 bits per heavy atom. The number of hydrogen-bond acceptors (Lipinski definition) is 4. The zero-order valence-corrected chi connectivity index (χ0v) is 10.2. The van der Waals surface area contributed by atoms with E-state index in [4.69, 9.17) is 10.5 Å². The van der Waals surface area contributed by atoms with E-state index in [1.807, 2.05) is 30.5 Å². The number of pyridine rings is 1. The van der Waals surface area contributed by atoms with Crippen LogP contribution in [0.5, 0.6) is 0 Å². The molecule has 1 aromatic heterocycles. The summed E-state index contributed by atoms with van der Waals surface area (Å²) < 4.78 is 5.37. The third-order valence-electron chi connectivity index (χ3n) is 3.35. The number of ether oxygens (including phenoxy) is 1. The molecule has 0 amide bonds. The summed E-state index contributed by atoms with van der Waals surface area (Å²) in [4.78, 5) is 4.35. The van der Waals surface area contributed by atoms with Crippen LogP contribution in [0.25, 0.3) is 10.9 Å². The molecule has 4 heteroatoms. The van der Waals surface area contributed by atoms with E-state index in [1.54, 1.807) is 0 Å². The number of rotatable bonds is 2. The maximum atomic E-state index is 5.78. The first kappa shape index (κ1) is 11.3. The van der Waals surface area contributed by atoms with E-state index in [-0.39, 0.29) is 0 Å². The van der Waals surface area contributed by atoms with Gasteiger partial charge in [-0.1, -0.05) is 0 Å². The first-order valence-corrected chi connectivity index (χ1v) is 6.31. The van der Waals surface area contributed by atoms with Crippen molar-refractivity contribution in [3.8, 4) is 0 Å². The van der Waals surface area contributed by atoms with Crippen LogP contribution in [0.15, 0.2) is 30.5 Å². The van der Waals surface area contributed by atoms with Crippen molar-refractivity contribution >= 4 is 22.3 Å². The summed E-state index contributed by atoms with van der Waals surface area (Å²) in [6, 6.07) is 8.36. The first-order valence-electron chi connectivity index (χ1n) is 6.31. The molecule has 1 aromatic carbocycles. The molecular weight excluding hydrogens is 226 g/mol. The Labute approximate surface area is 106 Å². The minimum atomic E-state index is 0.488. The SMILES string of the molecule is Nc1ccc2c(NC3CCOCC3)ccnc2c1. The number of nitrogens with two attached hydrogens (primary N) is 1. The van der Waals surface area contributed by atoms with Gasteiger partial charge in [-0.2, -0.15) is 0 Å². The van der Waals surface area contributed by atoms with Gasteiger partial charge in [0.15, 0.2) is 0 Å². The van der Waals surface area contributed by atoms with Gasteiger partial charge in [0, 0.05) is 42.2 Å². The van der Waals surface area contributed by atoms with Gasteiger partial charge < -0.3 is 15.8 Å². The molecule has 1 saturated heterocycles. The smallest absolute Gasteiger partial charge is 0.0743 e. The minimum Gasteiger partial charge on any atom is -0.399 e. The molecule has 0 radical (unpaired) electrons. The van der Waals surface area contributed by atoms with Crippen LogP contribution >= 0.6 is 0 Å². The quantitative estimate of drug-likeness (QED) is 0.795. The van der Waals surface area contributed by atoms with Gasteiger partial charge in [-0.05, 0) is 37.1 Å². The summed E-state index contributed by atoms with van der Waals surface area (Å²) >= 11 is 0. The van der Waals surface area contributed by atoms with Gasteiger partial charge in [0.25, 0.3) is 0 Å². The van der Waals surface area contributed by atoms with E-state index in [9.17, 15) is 0 Å². The summed E-state index contributed by atoms with van der Waals surface area (Å²) in [5.74, 6) is 0. The molecule has 0 spiro atoms. The van der Waals surface area contributed by atoms with Crippen molar-refractivity contribution < 1.29 is 4.74 Å². The number of hydrogen-bond donors (Lipinski definition) is 2. The zero-order chi connectivity index (χ0) is 12.4. The van der Waals surface area contributed by atoms with Crippen LogP contribution in [0.2, 0.25) is 0 Å². The Morgan fingerprint density at radius 1 is 1.22 bits per heavy atom. The predicted molar refractivity (Wildman–Crippen MR) is 73.6 cm³/mol. The van der Waals surface area contributed by atoms with Gasteiger partial charge in [-0.3, -0.25) is 4.98 Å². The lowest BCUT2D eigenvalue weighted by Gasteiger charge is -2.24. The molecule has 1 aliphatic rings. The second-order valence-corrected chi connectivity index (χ2v) is 4.67. The normalized spacial score (nSPS) is 16.9. The van der Waals surface area contributed by atoms with Crippen molar-refractivity contribution in [2.24, 2.45) is 0 Å². The van der Waals surface area contributed by atoms with Gasteiger partial charge in [-0.25, -0.2) is 0 Å². The van der Waals surface area contributed by atoms with E-state index in [1.165, 1.54) is 0 Å². The predicted octanol–water partition coefficient (Wildman–Crippen LogP) is 2.41. The van der Waals surface area contributed by atoms with E-state index < -0.39 is 0 Å². The number of nitrogens with zero attached hydrogens (tertiary/aromatic N) is 1. The highest BCUT2D eigenvalue weighted by Crippen LogP contribution is 2.25. The average Bonchev–Trinajstić information content (AvgIpc) is 2.40. The summed E-state index contributed by atoms with van der Waals surface area (Å²) in [6.45, 7) is 1.68. The van der Waals surface area contributed by atoms with Crippen molar-refractivity contribution in [1.82, 2.24) is 4.98 Å². The number of nitrogens with one attached hydrogen (secondary N) is 1. The molecule has 94 valence electrons. The molecular formula is C14H17N3O. The lowest BCUT2D eigenvalue weighted by atomic mass is 10.1. The molecule has 0 unspecified atom stereocenters. The molecule has 2 heterocycles. The van der Waals surface area contributed by atoms with Crippen LogP contribution in [0.1, 0.15) is 12.8 Å². The highest BCUT2D eigenvalue weighted by molar-refractivity contribution is 5.92. The second-order valence-electron chi connectivity index (χ2n) is 4.67. The van der Waals surface area contributed by atoms with E-state index >= 15 is 0 Å². The second kappa shape index (κ2) is 4.82. The maximum Gasteiger partial charge on any atom is 0.0743 e. The van der Waals surface area contributed by atoms with Crippen molar-refractivity contribution in [2.45, 2.75) is 18.9 Å². The molecule has 2 aromatic rings. The average molecular weight is 243 g/mol. The molecule has 0 atom stereocenters. The number of benzene rings is 1. The number of anilines is 2. The highest BCUT2D eigenvalue weighted by Gasteiger charge is 2.14. The van der Waals surface area contributed by atoms with Crippen LogP contribution in [-0.4, -0.2) is 24.2 Å². The van der Waals surface area contributed by atoms with Gasteiger partial charge in [0.1, 0.15) is 0 Å². The summed E-state index contributed by atoms with van der Waals surface area (Å²) in [7, 11) is 0. The summed E-state index contributed by atoms with van der Waals surface area (Å²) in [5.41, 5.74) is 8.60. The van der Waals surface area contributed by atoms with Gasteiger partial charge in [0.05, 0.1) is 5.52 Å². The van der Waals surface area contributed by atoms with Crippen LogP contribution in [0.4, 0.5) is 11.4 Å². The van der Waals surface area contributed by atoms with Crippen molar-refractivity contribution in [1.29, 1.82) is 0 Å². The molecule has 0 aliphatic carbocycles. The third kappa shape index (κ3) is 2.24. The van der Waals surface area contributed by atoms with Gasteiger partial charge in [0.2, 0.25) is 0 Å². The number of fused-ring (bicyclic) bond motifs is 1. The number of nitrogen functional groups attached to an aromatic ring is 1. The zero-order valence-electron chi connectivity index (χ0n) is 10.2. The largest absolute Gasteiger partial charge is 0.399 e. The van der Waals surface area contributed by atoms with Crippen LogP contribution in [0.3, 0.4) is 0 Å². The lowest BCUT2D eigenvalue weighted by Crippen LogP contribution is -2.27. The molecule has 3 rings (SSSR count). The van der Waals surface area contributed by atoms with Crippen molar-refractivity contribution in [3.05, 3.63) is 30.5 Å². The maximum absolute atomic E-state index is 5.78. The van der Waals surface area contributed by atoms with Crippen LogP contribution in [0, 0.1) is 0 Å². The van der Waals surface area contributed by atoms with E-state index in [0.29, 0.717) is 6.04 Å². The third-order valence-corrected chi connectivity index (χ3v) is 3.35. The van der Waals surface area contributed by atoms with Gasteiger partial charge in [-0.15, -0.1) is 0 Å². The molecule has 1 aliphatic heterocycles. The van der Waals surface area contributed by atoms with E-state index in [0.717, 1.165) is 48.3 Å². The molecule has 1 fully saturated rings. The summed E-state index contributed by atoms with van der Waals surface area (Å²) in [6.07, 6.45) is 3.93. The first-order chi connectivity index (χ1) is 8.83. The molecule has 4 nitrogen and oxygen atoms in total. The minimum absolute atomic E-state index is 0.488. The monoisotopic (exact) mass is 243 g/mol. The Bertz CT molecular complexity index is 550. The Kier molecular flexibility index (Phi) is 3.02. The fourth-order valence-corrected chi connectivity index (χ4v) is 2.35. The Morgan fingerprint density at radius 3 is 2.89 bits per heavy atom. The van der Waals surface area contributed by atoms with Crippen LogP contribution in [-0.2, 0) is 4.74 Å². The molecule has 0 saturated carbocycles. The highest BCUT2D eigenvalue weighted by atomic mass is 16.5. The molecule has 18 heavy (non-hydrogen) atoms. The lowest BCUT2D eigenvalue weighted by molar-refractivity contribution is 0.0905. The fourth-order valence-electron chi connectivity index (χ4n) is 2.35.